The number of carbonyl (C=O) groups excluding carboxylic acids is 1. The van der Waals surface area contributed by atoms with Gasteiger partial charge in [0, 0.05) is 23.2 Å². The van der Waals surface area contributed by atoms with Crippen LogP contribution in [0.2, 0.25) is 0 Å². The van der Waals surface area contributed by atoms with Gasteiger partial charge in [0.1, 0.15) is 5.01 Å². The molecular formula is C19H17N5OS. The van der Waals surface area contributed by atoms with Gasteiger partial charge in [-0.05, 0) is 42.8 Å². The zero-order chi connectivity index (χ0) is 17.9. The van der Waals surface area contributed by atoms with E-state index in [1.54, 1.807) is 12.1 Å². The summed E-state index contributed by atoms with van der Waals surface area (Å²) in [7, 11) is 0. The fraction of sp³-hybridized carbons (Fsp3) is 0.158. The van der Waals surface area contributed by atoms with Crippen molar-refractivity contribution in [1.82, 2.24) is 19.8 Å². The summed E-state index contributed by atoms with van der Waals surface area (Å²) in [6.07, 6.45) is 1.86. The molecule has 7 heteroatoms. The van der Waals surface area contributed by atoms with Crippen LogP contribution in [-0.2, 0) is 6.42 Å². The quantitative estimate of drug-likeness (QED) is 0.580. The maximum absolute atomic E-state index is 12.2. The van der Waals surface area contributed by atoms with Gasteiger partial charge in [-0.25, -0.2) is 0 Å². The van der Waals surface area contributed by atoms with Gasteiger partial charge in [-0.2, -0.15) is 9.61 Å². The molecule has 1 N–H and O–H groups in total. The molecule has 26 heavy (non-hydrogen) atoms. The predicted octanol–water partition coefficient (Wildman–Crippen LogP) is 4.06. The molecule has 0 saturated carbocycles. The molecule has 2 heterocycles. The predicted molar refractivity (Wildman–Crippen MR) is 102 cm³/mol. The van der Waals surface area contributed by atoms with Crippen molar-refractivity contribution in [3.8, 4) is 10.6 Å². The highest BCUT2D eigenvalue weighted by Crippen LogP contribution is 2.27. The number of amides is 1. The summed E-state index contributed by atoms with van der Waals surface area (Å²) in [6, 6.07) is 16.8. The Labute approximate surface area is 154 Å². The average Bonchev–Trinajstić information content (AvgIpc) is 3.25. The average molecular weight is 363 g/mol. The van der Waals surface area contributed by atoms with Crippen LogP contribution in [-0.4, -0.2) is 25.7 Å². The van der Waals surface area contributed by atoms with Crippen LogP contribution in [0.15, 0.2) is 54.6 Å². The van der Waals surface area contributed by atoms with Crippen LogP contribution in [0.5, 0.6) is 0 Å². The molecule has 4 aromatic rings. The molecule has 0 aliphatic carbocycles. The molecule has 0 fully saturated rings. The van der Waals surface area contributed by atoms with E-state index in [-0.39, 0.29) is 5.91 Å². The van der Waals surface area contributed by atoms with Crippen LogP contribution in [0.4, 0.5) is 5.69 Å². The van der Waals surface area contributed by atoms with E-state index in [9.17, 15) is 4.79 Å². The number of anilines is 1. The lowest BCUT2D eigenvalue weighted by molar-refractivity contribution is 0.102. The summed E-state index contributed by atoms with van der Waals surface area (Å²) in [5.41, 5.74) is 2.37. The number of hydrogen-bond acceptors (Lipinski definition) is 5. The summed E-state index contributed by atoms with van der Waals surface area (Å²) in [6.45, 7) is 2.11. The van der Waals surface area contributed by atoms with E-state index < -0.39 is 0 Å². The van der Waals surface area contributed by atoms with Gasteiger partial charge in [0.25, 0.3) is 5.91 Å². The second-order valence-electron chi connectivity index (χ2n) is 5.87. The number of aryl methyl sites for hydroxylation is 1. The SMILES string of the molecule is CCCc1nnc2sc(-c3ccc(NC(=O)c4ccccc4)cc3)nn12. The zero-order valence-corrected chi connectivity index (χ0v) is 15.0. The van der Waals surface area contributed by atoms with Gasteiger partial charge < -0.3 is 5.32 Å². The van der Waals surface area contributed by atoms with Gasteiger partial charge in [0.2, 0.25) is 4.96 Å². The van der Waals surface area contributed by atoms with Gasteiger partial charge in [-0.3, -0.25) is 4.79 Å². The molecule has 0 radical (unpaired) electrons. The first-order valence-corrected chi connectivity index (χ1v) is 9.24. The Morgan fingerprint density at radius 1 is 1.08 bits per heavy atom. The van der Waals surface area contributed by atoms with Crippen molar-refractivity contribution < 1.29 is 4.79 Å². The molecule has 130 valence electrons. The van der Waals surface area contributed by atoms with Crippen LogP contribution in [0.3, 0.4) is 0 Å². The van der Waals surface area contributed by atoms with E-state index in [4.69, 9.17) is 0 Å². The number of nitrogens with one attached hydrogen (secondary N) is 1. The Kier molecular flexibility index (Phi) is 4.45. The van der Waals surface area contributed by atoms with Gasteiger partial charge in [0.15, 0.2) is 5.82 Å². The molecule has 0 atom stereocenters. The van der Waals surface area contributed by atoms with E-state index in [0.717, 1.165) is 39.9 Å². The number of rotatable bonds is 5. The van der Waals surface area contributed by atoms with Gasteiger partial charge in [-0.1, -0.05) is 36.5 Å². The highest BCUT2D eigenvalue weighted by molar-refractivity contribution is 7.19. The number of carbonyl (C=O) groups is 1. The van der Waals surface area contributed by atoms with E-state index in [0.29, 0.717) is 5.56 Å². The maximum Gasteiger partial charge on any atom is 0.255 e. The van der Waals surface area contributed by atoms with Crippen LogP contribution >= 0.6 is 11.3 Å². The van der Waals surface area contributed by atoms with E-state index in [2.05, 4.69) is 27.5 Å². The first-order chi connectivity index (χ1) is 12.7. The standard InChI is InChI=1S/C19H17N5OS/c1-2-6-16-21-22-19-24(16)23-18(26-19)14-9-11-15(12-10-14)20-17(25)13-7-4-3-5-8-13/h3-5,7-12H,2,6H2,1H3,(H,20,25). The van der Waals surface area contributed by atoms with Crippen molar-refractivity contribution in [2.24, 2.45) is 0 Å². The minimum absolute atomic E-state index is 0.124. The van der Waals surface area contributed by atoms with Crippen LogP contribution in [0.25, 0.3) is 15.5 Å². The number of hydrogen-bond donors (Lipinski definition) is 1. The van der Waals surface area contributed by atoms with E-state index in [1.807, 2.05) is 47.0 Å². The van der Waals surface area contributed by atoms with Crippen molar-refractivity contribution in [3.05, 3.63) is 66.0 Å². The number of aromatic nitrogens is 4. The summed E-state index contributed by atoms with van der Waals surface area (Å²) in [5.74, 6) is 0.762. The molecule has 4 rings (SSSR count). The van der Waals surface area contributed by atoms with E-state index >= 15 is 0 Å². The Balaban J connectivity index is 1.53. The van der Waals surface area contributed by atoms with E-state index in [1.165, 1.54) is 11.3 Å². The minimum Gasteiger partial charge on any atom is -0.322 e. The van der Waals surface area contributed by atoms with Crippen molar-refractivity contribution >= 4 is 27.9 Å². The Hall–Kier alpha value is -3.06. The molecular weight excluding hydrogens is 346 g/mol. The van der Waals surface area contributed by atoms with Crippen LogP contribution in [0.1, 0.15) is 29.5 Å². The molecule has 0 saturated heterocycles. The molecule has 0 aliphatic rings. The number of nitrogens with zero attached hydrogens (tertiary/aromatic N) is 4. The first-order valence-electron chi connectivity index (χ1n) is 8.42. The lowest BCUT2D eigenvalue weighted by Crippen LogP contribution is -2.11. The number of benzene rings is 2. The molecule has 0 unspecified atom stereocenters. The highest BCUT2D eigenvalue weighted by Gasteiger charge is 2.12. The topological polar surface area (TPSA) is 72.2 Å². The molecule has 2 aromatic heterocycles. The second kappa shape index (κ2) is 7.05. The molecule has 0 aliphatic heterocycles. The fourth-order valence-corrected chi connectivity index (χ4v) is 3.51. The first kappa shape index (κ1) is 16.4. The molecule has 1 amide bonds. The molecule has 0 bridgehead atoms. The van der Waals surface area contributed by atoms with Gasteiger partial charge in [0.05, 0.1) is 0 Å². The third kappa shape index (κ3) is 3.21. The summed E-state index contributed by atoms with van der Waals surface area (Å²) in [5, 5.41) is 16.8. The molecule has 0 spiro atoms. The summed E-state index contributed by atoms with van der Waals surface area (Å²) in [4.78, 5) is 13.0. The summed E-state index contributed by atoms with van der Waals surface area (Å²) >= 11 is 1.50. The Bertz CT molecular complexity index is 1040. The van der Waals surface area contributed by atoms with Crippen molar-refractivity contribution in [2.75, 3.05) is 5.32 Å². The second-order valence-corrected chi connectivity index (χ2v) is 6.82. The van der Waals surface area contributed by atoms with Crippen molar-refractivity contribution in [2.45, 2.75) is 19.8 Å². The zero-order valence-electron chi connectivity index (χ0n) is 14.2. The molecule has 6 nitrogen and oxygen atoms in total. The monoisotopic (exact) mass is 363 g/mol. The lowest BCUT2D eigenvalue weighted by Gasteiger charge is -2.05. The van der Waals surface area contributed by atoms with Gasteiger partial charge in [-0.15, -0.1) is 10.2 Å². The maximum atomic E-state index is 12.2. The number of fused-ring (bicyclic) bond motifs is 1. The smallest absolute Gasteiger partial charge is 0.255 e. The third-order valence-electron chi connectivity index (χ3n) is 3.95. The lowest BCUT2D eigenvalue weighted by atomic mass is 10.2. The largest absolute Gasteiger partial charge is 0.322 e. The Morgan fingerprint density at radius 3 is 2.58 bits per heavy atom. The van der Waals surface area contributed by atoms with Crippen LogP contribution in [0, 0.1) is 0 Å². The van der Waals surface area contributed by atoms with Crippen molar-refractivity contribution in [1.29, 1.82) is 0 Å². The van der Waals surface area contributed by atoms with Crippen LogP contribution < -0.4 is 5.32 Å². The summed E-state index contributed by atoms with van der Waals surface area (Å²) < 4.78 is 1.81. The van der Waals surface area contributed by atoms with Gasteiger partial charge >= 0.3 is 0 Å². The fourth-order valence-electron chi connectivity index (χ4n) is 2.64. The molecule has 2 aromatic carbocycles. The third-order valence-corrected chi connectivity index (χ3v) is 4.90. The van der Waals surface area contributed by atoms with Crippen molar-refractivity contribution in [3.63, 3.8) is 0 Å². The Morgan fingerprint density at radius 2 is 1.85 bits per heavy atom. The minimum atomic E-state index is -0.124. The normalized spacial score (nSPS) is 11.0. The highest BCUT2D eigenvalue weighted by atomic mass is 32.1.